The lowest BCUT2D eigenvalue weighted by atomic mass is 9.86. The first-order valence-electron chi connectivity index (χ1n) is 7.79. The first-order chi connectivity index (χ1) is 9.23. The van der Waals surface area contributed by atoms with E-state index in [1.54, 1.807) is 0 Å². The van der Waals surface area contributed by atoms with Gasteiger partial charge >= 0.3 is 0 Å². The highest BCUT2D eigenvalue weighted by Gasteiger charge is 2.34. The smallest absolute Gasteiger partial charge is 0.0233 e. The van der Waals surface area contributed by atoms with Crippen molar-refractivity contribution in [2.45, 2.75) is 50.6 Å². The molecule has 1 aromatic rings. The summed E-state index contributed by atoms with van der Waals surface area (Å²) < 4.78 is 0. The molecule has 1 unspecified atom stereocenters. The first kappa shape index (κ1) is 13.1. The third-order valence-electron chi connectivity index (χ3n) is 4.91. The normalized spacial score (nSPS) is 26.9. The number of benzene rings is 1. The molecule has 0 radical (unpaired) electrons. The van der Waals surface area contributed by atoms with E-state index in [0.717, 1.165) is 12.5 Å². The molecule has 19 heavy (non-hydrogen) atoms. The van der Waals surface area contributed by atoms with Crippen molar-refractivity contribution < 1.29 is 0 Å². The van der Waals surface area contributed by atoms with Crippen LogP contribution in [0.25, 0.3) is 0 Å². The van der Waals surface area contributed by atoms with Crippen LogP contribution in [-0.2, 0) is 6.54 Å². The molecule has 1 aliphatic carbocycles. The van der Waals surface area contributed by atoms with Crippen LogP contribution >= 0.6 is 0 Å². The number of likely N-dealkylation sites (tertiary alicyclic amines) is 1. The quantitative estimate of drug-likeness (QED) is 0.899. The highest BCUT2D eigenvalue weighted by atomic mass is 15.1. The van der Waals surface area contributed by atoms with Crippen LogP contribution < -0.4 is 5.73 Å². The second-order valence-electron chi connectivity index (χ2n) is 6.65. The van der Waals surface area contributed by atoms with Gasteiger partial charge in [0.05, 0.1) is 0 Å². The lowest BCUT2D eigenvalue weighted by molar-refractivity contribution is 0.284. The van der Waals surface area contributed by atoms with Crippen molar-refractivity contribution in [2.75, 3.05) is 13.1 Å². The fraction of sp³-hybridized carbons (Fsp3) is 0.647. The molecular formula is C17H26N2. The molecule has 1 saturated heterocycles. The van der Waals surface area contributed by atoms with Gasteiger partial charge in [0.1, 0.15) is 0 Å². The monoisotopic (exact) mass is 258 g/mol. The van der Waals surface area contributed by atoms with E-state index in [4.69, 9.17) is 5.73 Å². The summed E-state index contributed by atoms with van der Waals surface area (Å²) in [4.78, 5) is 2.60. The van der Waals surface area contributed by atoms with Crippen molar-refractivity contribution in [3.05, 3.63) is 35.9 Å². The van der Waals surface area contributed by atoms with E-state index in [1.165, 1.54) is 57.2 Å². The highest BCUT2D eigenvalue weighted by molar-refractivity contribution is 5.14. The zero-order valence-corrected chi connectivity index (χ0v) is 11.9. The summed E-state index contributed by atoms with van der Waals surface area (Å²) in [6, 6.07) is 10.8. The number of hydrogen-bond donors (Lipinski definition) is 1. The van der Waals surface area contributed by atoms with Crippen molar-refractivity contribution >= 4 is 0 Å². The third kappa shape index (κ3) is 3.37. The lowest BCUT2D eigenvalue weighted by Crippen LogP contribution is -2.39. The summed E-state index contributed by atoms with van der Waals surface area (Å²) in [5.74, 6) is 0.826. The average Bonchev–Trinajstić information content (AvgIpc) is 3.01. The van der Waals surface area contributed by atoms with Crippen molar-refractivity contribution in [2.24, 2.45) is 11.7 Å². The van der Waals surface area contributed by atoms with Crippen LogP contribution in [0.3, 0.4) is 0 Å². The molecule has 0 amide bonds. The molecular weight excluding hydrogens is 232 g/mol. The van der Waals surface area contributed by atoms with Gasteiger partial charge in [-0.05, 0) is 43.7 Å². The maximum Gasteiger partial charge on any atom is 0.0233 e. The van der Waals surface area contributed by atoms with Crippen LogP contribution in [0.5, 0.6) is 0 Å². The van der Waals surface area contributed by atoms with Gasteiger partial charge in [-0.1, -0.05) is 43.2 Å². The van der Waals surface area contributed by atoms with Crippen LogP contribution in [0.2, 0.25) is 0 Å². The van der Waals surface area contributed by atoms with Gasteiger partial charge in [0, 0.05) is 18.6 Å². The van der Waals surface area contributed by atoms with E-state index in [-0.39, 0.29) is 5.54 Å². The minimum absolute atomic E-state index is 0.174. The molecule has 2 heteroatoms. The molecule has 0 bridgehead atoms. The van der Waals surface area contributed by atoms with E-state index in [0.29, 0.717) is 0 Å². The molecule has 1 saturated carbocycles. The van der Waals surface area contributed by atoms with Crippen molar-refractivity contribution in [3.8, 4) is 0 Å². The zero-order chi connectivity index (χ0) is 13.1. The van der Waals surface area contributed by atoms with E-state index < -0.39 is 0 Å². The molecule has 0 aromatic heterocycles. The lowest BCUT2D eigenvalue weighted by Gasteiger charge is -2.27. The van der Waals surface area contributed by atoms with Crippen molar-refractivity contribution in [1.82, 2.24) is 4.90 Å². The topological polar surface area (TPSA) is 29.3 Å². The Labute approximate surface area is 117 Å². The van der Waals surface area contributed by atoms with Gasteiger partial charge in [0.2, 0.25) is 0 Å². The molecule has 1 aromatic carbocycles. The molecule has 1 aliphatic heterocycles. The van der Waals surface area contributed by atoms with Crippen molar-refractivity contribution in [3.63, 3.8) is 0 Å². The van der Waals surface area contributed by atoms with E-state index >= 15 is 0 Å². The molecule has 0 spiro atoms. The van der Waals surface area contributed by atoms with Gasteiger partial charge in [-0.2, -0.15) is 0 Å². The summed E-state index contributed by atoms with van der Waals surface area (Å²) in [6.07, 6.45) is 7.78. The predicted molar refractivity (Wildman–Crippen MR) is 79.8 cm³/mol. The molecule has 1 atom stereocenters. The Bertz CT molecular complexity index is 395. The first-order valence-corrected chi connectivity index (χ1v) is 7.79. The van der Waals surface area contributed by atoms with Crippen LogP contribution in [0.4, 0.5) is 0 Å². The van der Waals surface area contributed by atoms with Gasteiger partial charge in [0.15, 0.2) is 0 Å². The predicted octanol–water partition coefficient (Wildman–Crippen LogP) is 3.17. The molecule has 2 nitrogen and oxygen atoms in total. The van der Waals surface area contributed by atoms with Crippen LogP contribution in [0, 0.1) is 5.92 Å². The minimum Gasteiger partial charge on any atom is -0.325 e. The largest absolute Gasteiger partial charge is 0.325 e. The number of nitrogens with two attached hydrogens (primary N) is 1. The maximum atomic E-state index is 6.52. The van der Waals surface area contributed by atoms with E-state index in [1.807, 2.05) is 0 Å². The van der Waals surface area contributed by atoms with Gasteiger partial charge in [0.25, 0.3) is 0 Å². The van der Waals surface area contributed by atoms with Crippen LogP contribution in [-0.4, -0.2) is 23.5 Å². The Kier molecular flexibility index (Phi) is 3.90. The van der Waals surface area contributed by atoms with Crippen LogP contribution in [0.15, 0.2) is 30.3 Å². The summed E-state index contributed by atoms with van der Waals surface area (Å²) in [5.41, 5.74) is 8.13. The summed E-state index contributed by atoms with van der Waals surface area (Å²) in [7, 11) is 0. The van der Waals surface area contributed by atoms with Gasteiger partial charge < -0.3 is 5.73 Å². The van der Waals surface area contributed by atoms with E-state index in [2.05, 4.69) is 35.2 Å². The van der Waals surface area contributed by atoms with Gasteiger partial charge in [-0.3, -0.25) is 4.90 Å². The second kappa shape index (κ2) is 5.64. The number of rotatable bonds is 4. The molecule has 1 heterocycles. The Balaban J connectivity index is 1.50. The third-order valence-corrected chi connectivity index (χ3v) is 4.91. The summed E-state index contributed by atoms with van der Waals surface area (Å²) in [6.45, 7) is 3.60. The van der Waals surface area contributed by atoms with Crippen LogP contribution in [0.1, 0.15) is 44.1 Å². The summed E-state index contributed by atoms with van der Waals surface area (Å²) in [5, 5.41) is 0. The minimum atomic E-state index is 0.174. The van der Waals surface area contributed by atoms with E-state index in [9.17, 15) is 0 Å². The second-order valence-corrected chi connectivity index (χ2v) is 6.65. The Morgan fingerprint density at radius 3 is 2.63 bits per heavy atom. The number of nitrogens with zero attached hydrogens (tertiary/aromatic N) is 1. The van der Waals surface area contributed by atoms with Crippen molar-refractivity contribution in [1.29, 1.82) is 0 Å². The number of hydrogen-bond acceptors (Lipinski definition) is 2. The Hall–Kier alpha value is -0.860. The van der Waals surface area contributed by atoms with Gasteiger partial charge in [-0.25, -0.2) is 0 Å². The fourth-order valence-corrected chi connectivity index (χ4v) is 3.92. The SMILES string of the molecule is NC1(CC2CCN(Cc3ccccc3)C2)CCCC1. The fourth-order valence-electron chi connectivity index (χ4n) is 3.92. The molecule has 2 aliphatic rings. The van der Waals surface area contributed by atoms with Gasteiger partial charge in [-0.15, -0.1) is 0 Å². The molecule has 3 rings (SSSR count). The molecule has 104 valence electrons. The summed E-state index contributed by atoms with van der Waals surface area (Å²) >= 11 is 0. The standard InChI is InChI=1S/C17H26N2/c18-17(9-4-5-10-17)12-16-8-11-19(14-16)13-15-6-2-1-3-7-15/h1-3,6-7,16H,4-5,8-14,18H2. The average molecular weight is 258 g/mol. The highest BCUT2D eigenvalue weighted by Crippen LogP contribution is 2.35. The Morgan fingerprint density at radius 1 is 1.16 bits per heavy atom. The molecule has 2 fully saturated rings. The zero-order valence-electron chi connectivity index (χ0n) is 11.9. The molecule has 2 N–H and O–H groups in total. The Morgan fingerprint density at radius 2 is 1.89 bits per heavy atom. The maximum absolute atomic E-state index is 6.52.